The van der Waals surface area contributed by atoms with E-state index in [-0.39, 0.29) is 31.2 Å². The highest BCUT2D eigenvalue weighted by atomic mass is 32.2. The van der Waals surface area contributed by atoms with Crippen LogP contribution in [0.3, 0.4) is 0 Å². The molecule has 3 aliphatic carbocycles. The summed E-state index contributed by atoms with van der Waals surface area (Å²) in [6, 6.07) is 14.5. The molecule has 12 nitrogen and oxygen atoms in total. The minimum Gasteiger partial charge on any atom is -0.496 e. The zero-order valence-electron chi connectivity index (χ0n) is 34.3. The Morgan fingerprint density at radius 3 is 2.42 bits per heavy atom. The van der Waals surface area contributed by atoms with Crippen molar-refractivity contribution in [1.82, 2.24) is 25.2 Å². The number of aromatic nitrogens is 1. The highest BCUT2D eigenvalue weighted by Gasteiger charge is 2.62. The molecule has 5 atom stereocenters. The Bertz CT molecular complexity index is 2150. The van der Waals surface area contributed by atoms with Gasteiger partial charge in [0, 0.05) is 35.4 Å². The molecule has 3 saturated carbocycles. The first-order chi connectivity index (χ1) is 28.6. The number of rotatable bonds is 9. The number of hydrogen-bond donors (Lipinski definition) is 3. The predicted octanol–water partition coefficient (Wildman–Crippen LogP) is 6.36. The fourth-order valence-corrected chi connectivity index (χ4v) is 11.0. The van der Waals surface area contributed by atoms with Crippen molar-refractivity contribution in [3.63, 3.8) is 0 Å². The lowest BCUT2D eigenvalue weighted by Gasteiger charge is -2.35. The second kappa shape index (κ2) is 17.6. The van der Waals surface area contributed by atoms with E-state index in [1.165, 1.54) is 0 Å². The summed E-state index contributed by atoms with van der Waals surface area (Å²) in [5.41, 5.74) is 1.96. The lowest BCUT2D eigenvalue weighted by Crippen LogP contribution is -2.59. The van der Waals surface area contributed by atoms with Crippen LogP contribution in [-0.2, 0) is 30.8 Å². The molecular formula is C46H59N5O7S. The summed E-state index contributed by atoms with van der Waals surface area (Å²) in [5, 5.41) is 6.85. The standard InChI is InChI=1S/C46H59N5O7S/c1-3-33-28-46(33,45(54)50-59(55,56)35-21-22-35)49-43(52)39-25-34-29-51(39)44(53)42(31-18-13-9-14-19-31)47-23-15-7-5-4-6-10-20-32-24-36-38(27-40(32)57-2)48-37(26-41(36)58-34)30-16-11-8-12-17-30/h3,8,11-12,16-17,24,26-27,31,33-35,39,42,47H,1,4-7,9-10,13-15,18-23,25,28-29H2,2H3,(H,49,52)(H,50,54)/t33-,34-,39+,42+,46-/m1/s1. The topological polar surface area (TPSA) is 156 Å². The first kappa shape index (κ1) is 41.3. The molecule has 3 N–H and O–H groups in total. The van der Waals surface area contributed by atoms with E-state index in [1.54, 1.807) is 18.1 Å². The molecule has 2 aliphatic heterocycles. The van der Waals surface area contributed by atoms with Crippen molar-refractivity contribution in [3.8, 4) is 22.8 Å². The number of fused-ring (bicyclic) bond motifs is 3. The Kier molecular flexibility index (Phi) is 12.3. The van der Waals surface area contributed by atoms with Crippen LogP contribution in [0, 0.1) is 11.8 Å². The largest absolute Gasteiger partial charge is 0.496 e. The van der Waals surface area contributed by atoms with Crippen molar-refractivity contribution in [2.75, 3.05) is 20.2 Å². The summed E-state index contributed by atoms with van der Waals surface area (Å²) in [6.07, 6.45) is 14.8. The fraction of sp³-hybridized carbons (Fsp3) is 0.565. The van der Waals surface area contributed by atoms with Gasteiger partial charge in [-0.25, -0.2) is 13.4 Å². The minimum atomic E-state index is -3.86. The molecule has 13 heteroatoms. The van der Waals surface area contributed by atoms with Gasteiger partial charge in [0.15, 0.2) is 0 Å². The predicted molar refractivity (Wildman–Crippen MR) is 227 cm³/mol. The average Bonchev–Trinajstić information content (AvgIpc) is 4.18. The number of pyridine rings is 1. The maximum atomic E-state index is 15.0. The SMILES string of the molecule is C=C[C@@H]1C[C@]1(NC(=O)[C@@H]1C[C@@H]2CN1C(=O)[C@H](C1CCCCC1)NCCCCCCCCc1cc3c(cc(-c4ccccc4)nc3cc1OC)O2)C(=O)NS(=O)(=O)C1CC1. The number of amides is 3. The molecule has 1 aromatic heterocycles. The molecule has 1 saturated heterocycles. The second-order valence-electron chi connectivity index (χ2n) is 17.4. The quantitative estimate of drug-likeness (QED) is 0.209. The van der Waals surface area contributed by atoms with E-state index in [2.05, 4.69) is 28.0 Å². The number of nitrogens with one attached hydrogen (secondary N) is 3. The van der Waals surface area contributed by atoms with Crippen molar-refractivity contribution < 1.29 is 32.3 Å². The van der Waals surface area contributed by atoms with Crippen LogP contribution in [0.2, 0.25) is 0 Å². The lowest BCUT2D eigenvalue weighted by molar-refractivity contribution is -0.142. The Morgan fingerprint density at radius 1 is 0.983 bits per heavy atom. The molecule has 5 aliphatic rings. The van der Waals surface area contributed by atoms with Crippen LogP contribution >= 0.6 is 0 Å². The maximum absolute atomic E-state index is 15.0. The number of sulfonamides is 1. The van der Waals surface area contributed by atoms with E-state index >= 15 is 4.79 Å². The summed E-state index contributed by atoms with van der Waals surface area (Å²) in [6.45, 7) is 4.74. The number of benzene rings is 2. The number of methoxy groups -OCH3 is 1. The third-order valence-electron chi connectivity index (χ3n) is 13.3. The van der Waals surface area contributed by atoms with Crippen LogP contribution in [0.15, 0.2) is 61.2 Å². The molecule has 3 amide bonds. The zero-order chi connectivity index (χ0) is 41.1. The average molecular weight is 826 g/mol. The van der Waals surface area contributed by atoms with Gasteiger partial charge in [-0.1, -0.05) is 81.4 Å². The van der Waals surface area contributed by atoms with Crippen molar-refractivity contribution >= 4 is 38.6 Å². The van der Waals surface area contributed by atoms with Crippen molar-refractivity contribution in [2.24, 2.45) is 11.8 Å². The van der Waals surface area contributed by atoms with E-state index in [1.807, 2.05) is 42.5 Å². The molecule has 4 bridgehead atoms. The van der Waals surface area contributed by atoms with Gasteiger partial charge in [0.05, 0.1) is 36.2 Å². The van der Waals surface area contributed by atoms with Crippen molar-refractivity contribution in [3.05, 3.63) is 66.7 Å². The van der Waals surface area contributed by atoms with E-state index < -0.39 is 56.7 Å². The molecule has 0 unspecified atom stereocenters. The van der Waals surface area contributed by atoms with Gasteiger partial charge >= 0.3 is 0 Å². The highest BCUT2D eigenvalue weighted by Crippen LogP contribution is 2.46. The first-order valence-corrected chi connectivity index (χ1v) is 23.4. The molecule has 0 spiro atoms. The Morgan fingerprint density at radius 2 is 1.71 bits per heavy atom. The molecule has 0 radical (unpaired) electrons. The highest BCUT2D eigenvalue weighted by molar-refractivity contribution is 7.91. The number of aryl methyl sites for hydroxylation is 1. The summed E-state index contributed by atoms with van der Waals surface area (Å²) >= 11 is 0. The van der Waals surface area contributed by atoms with Crippen LogP contribution < -0.4 is 24.8 Å². The second-order valence-corrected chi connectivity index (χ2v) is 19.4. The Labute approximate surface area is 348 Å². The van der Waals surface area contributed by atoms with Crippen LogP contribution in [0.25, 0.3) is 22.2 Å². The van der Waals surface area contributed by atoms with Gasteiger partial charge in [0.2, 0.25) is 21.8 Å². The van der Waals surface area contributed by atoms with Crippen LogP contribution in [-0.4, -0.2) is 85.2 Å². The van der Waals surface area contributed by atoms with E-state index in [4.69, 9.17) is 14.5 Å². The maximum Gasteiger partial charge on any atom is 0.259 e. The third-order valence-corrected chi connectivity index (χ3v) is 15.1. The summed E-state index contributed by atoms with van der Waals surface area (Å²) in [5.74, 6) is -0.333. The summed E-state index contributed by atoms with van der Waals surface area (Å²) < 4.78 is 40.9. The summed E-state index contributed by atoms with van der Waals surface area (Å²) in [7, 11) is -2.17. The van der Waals surface area contributed by atoms with E-state index in [0.717, 1.165) is 105 Å². The molecule has 3 heterocycles. The minimum absolute atomic E-state index is 0.136. The number of ether oxygens (including phenoxy) is 2. The number of carbonyl (C=O) groups is 3. The monoisotopic (exact) mass is 825 g/mol. The van der Waals surface area contributed by atoms with Gasteiger partial charge in [-0.05, 0) is 75.5 Å². The van der Waals surface area contributed by atoms with Gasteiger partial charge < -0.3 is 25.0 Å². The molecule has 2 aromatic carbocycles. The van der Waals surface area contributed by atoms with Crippen LogP contribution in [0.5, 0.6) is 11.5 Å². The molecule has 8 rings (SSSR count). The molecule has 3 aromatic rings. The third kappa shape index (κ3) is 9.01. The van der Waals surface area contributed by atoms with Gasteiger partial charge in [0.1, 0.15) is 29.2 Å². The van der Waals surface area contributed by atoms with Gasteiger partial charge in [-0.3, -0.25) is 19.1 Å². The molecule has 316 valence electrons. The van der Waals surface area contributed by atoms with E-state index in [9.17, 15) is 18.0 Å². The van der Waals surface area contributed by atoms with Gasteiger partial charge in [-0.15, -0.1) is 6.58 Å². The first-order valence-electron chi connectivity index (χ1n) is 21.9. The molecule has 59 heavy (non-hydrogen) atoms. The van der Waals surface area contributed by atoms with Crippen LogP contribution in [0.4, 0.5) is 0 Å². The lowest BCUT2D eigenvalue weighted by atomic mass is 9.83. The number of nitrogens with zero attached hydrogens (tertiary/aromatic N) is 2. The zero-order valence-corrected chi connectivity index (χ0v) is 35.1. The van der Waals surface area contributed by atoms with Crippen LogP contribution in [0.1, 0.15) is 102 Å². The molecule has 4 fully saturated rings. The number of hydrogen-bond acceptors (Lipinski definition) is 9. The Balaban J connectivity index is 1.16. The van der Waals surface area contributed by atoms with E-state index in [0.29, 0.717) is 30.7 Å². The fourth-order valence-electron chi connectivity index (χ4n) is 9.59. The molecular weight excluding hydrogens is 767 g/mol. The number of carbonyl (C=O) groups excluding carboxylic acids is 3. The van der Waals surface area contributed by atoms with Crippen molar-refractivity contribution in [1.29, 1.82) is 0 Å². The Hall–Kier alpha value is -4.49. The van der Waals surface area contributed by atoms with Gasteiger partial charge in [-0.2, -0.15) is 0 Å². The summed E-state index contributed by atoms with van der Waals surface area (Å²) in [4.78, 5) is 50.1. The van der Waals surface area contributed by atoms with Crippen molar-refractivity contribution in [2.45, 2.75) is 132 Å². The smallest absolute Gasteiger partial charge is 0.259 e. The normalized spacial score (nSPS) is 27.2. The van der Waals surface area contributed by atoms with Gasteiger partial charge in [0.25, 0.3) is 5.91 Å².